The minimum absolute atomic E-state index is 0.217. The zero-order valence-electron chi connectivity index (χ0n) is 10.00. The van der Waals surface area contributed by atoms with Crippen LogP contribution in [0.25, 0.3) is 11.6 Å². The van der Waals surface area contributed by atoms with E-state index in [-0.39, 0.29) is 6.04 Å². The molecule has 0 spiro atoms. The Labute approximate surface area is 104 Å². The fourth-order valence-corrected chi connectivity index (χ4v) is 1.52. The van der Waals surface area contributed by atoms with Crippen molar-refractivity contribution in [3.8, 4) is 17.7 Å². The van der Waals surface area contributed by atoms with Crippen LogP contribution in [0, 0.1) is 11.3 Å². The molecular formula is C12H13N5O. The van der Waals surface area contributed by atoms with Crippen LogP contribution in [0.1, 0.15) is 37.2 Å². The van der Waals surface area contributed by atoms with Gasteiger partial charge in [0.2, 0.25) is 0 Å². The summed E-state index contributed by atoms with van der Waals surface area (Å²) in [5.41, 5.74) is 6.92. The first-order valence-corrected chi connectivity index (χ1v) is 5.70. The molecule has 0 aliphatic heterocycles. The van der Waals surface area contributed by atoms with Gasteiger partial charge in [0.25, 0.3) is 5.89 Å². The average Bonchev–Trinajstić information content (AvgIpc) is 2.89. The van der Waals surface area contributed by atoms with Crippen LogP contribution in [0.4, 0.5) is 0 Å². The van der Waals surface area contributed by atoms with Gasteiger partial charge in [0.05, 0.1) is 11.6 Å². The van der Waals surface area contributed by atoms with Crippen molar-refractivity contribution in [1.29, 1.82) is 5.26 Å². The molecule has 2 N–H and O–H groups in total. The highest BCUT2D eigenvalue weighted by molar-refractivity contribution is 5.47. The van der Waals surface area contributed by atoms with Gasteiger partial charge in [-0.3, -0.25) is 0 Å². The van der Waals surface area contributed by atoms with Crippen LogP contribution in [0.3, 0.4) is 0 Å². The average molecular weight is 243 g/mol. The molecule has 0 fully saturated rings. The lowest BCUT2D eigenvalue weighted by Gasteiger charge is -2.02. The number of nitrogens with zero attached hydrogens (tertiary/aromatic N) is 4. The fourth-order valence-electron chi connectivity index (χ4n) is 1.52. The summed E-state index contributed by atoms with van der Waals surface area (Å²) in [7, 11) is 0. The van der Waals surface area contributed by atoms with E-state index in [0.717, 1.165) is 12.8 Å². The van der Waals surface area contributed by atoms with E-state index in [0.29, 0.717) is 23.0 Å². The number of nitrogens with two attached hydrogens (primary N) is 1. The van der Waals surface area contributed by atoms with Crippen molar-refractivity contribution < 1.29 is 4.52 Å². The van der Waals surface area contributed by atoms with Crippen molar-refractivity contribution in [2.45, 2.75) is 25.8 Å². The molecule has 18 heavy (non-hydrogen) atoms. The third-order valence-corrected chi connectivity index (χ3v) is 2.48. The van der Waals surface area contributed by atoms with Crippen LogP contribution in [-0.4, -0.2) is 15.1 Å². The van der Waals surface area contributed by atoms with Gasteiger partial charge in [-0.15, -0.1) is 0 Å². The molecule has 92 valence electrons. The van der Waals surface area contributed by atoms with Crippen LogP contribution < -0.4 is 5.73 Å². The van der Waals surface area contributed by atoms with Crippen LogP contribution in [0.15, 0.2) is 22.9 Å². The summed E-state index contributed by atoms with van der Waals surface area (Å²) in [5.74, 6) is 0.805. The Morgan fingerprint density at radius 1 is 1.50 bits per heavy atom. The van der Waals surface area contributed by atoms with E-state index >= 15 is 0 Å². The van der Waals surface area contributed by atoms with E-state index in [9.17, 15) is 0 Å². The molecule has 0 saturated heterocycles. The third kappa shape index (κ3) is 2.52. The summed E-state index contributed by atoms with van der Waals surface area (Å²) < 4.78 is 5.11. The number of hydrogen-bond donors (Lipinski definition) is 1. The molecule has 2 aromatic heterocycles. The first-order valence-electron chi connectivity index (χ1n) is 5.70. The van der Waals surface area contributed by atoms with Crippen molar-refractivity contribution in [2.24, 2.45) is 5.73 Å². The van der Waals surface area contributed by atoms with Gasteiger partial charge in [-0.05, 0) is 18.6 Å². The van der Waals surface area contributed by atoms with E-state index in [1.54, 1.807) is 12.1 Å². The molecule has 2 heterocycles. The predicted octanol–water partition coefficient (Wildman–Crippen LogP) is 1.80. The third-order valence-electron chi connectivity index (χ3n) is 2.48. The summed E-state index contributed by atoms with van der Waals surface area (Å²) in [6, 6.07) is 5.10. The van der Waals surface area contributed by atoms with Gasteiger partial charge in [-0.1, -0.05) is 18.5 Å². The monoisotopic (exact) mass is 243 g/mol. The molecule has 0 radical (unpaired) electrons. The van der Waals surface area contributed by atoms with Crippen molar-refractivity contribution in [3.05, 3.63) is 29.7 Å². The Kier molecular flexibility index (Phi) is 3.65. The molecule has 0 aromatic carbocycles. The lowest BCUT2D eigenvalue weighted by molar-refractivity contribution is 0.412. The SMILES string of the molecule is CCCC(N)c1noc(-c2ccc(C#N)cn2)n1. The van der Waals surface area contributed by atoms with E-state index < -0.39 is 0 Å². The van der Waals surface area contributed by atoms with Crippen LogP contribution in [-0.2, 0) is 0 Å². The van der Waals surface area contributed by atoms with Crippen molar-refractivity contribution in [2.75, 3.05) is 0 Å². The van der Waals surface area contributed by atoms with Crippen molar-refractivity contribution in [3.63, 3.8) is 0 Å². The number of pyridine rings is 1. The van der Waals surface area contributed by atoms with E-state index in [4.69, 9.17) is 15.5 Å². The molecule has 2 rings (SSSR count). The Morgan fingerprint density at radius 3 is 2.94 bits per heavy atom. The molecular weight excluding hydrogens is 230 g/mol. The number of aromatic nitrogens is 3. The highest BCUT2D eigenvalue weighted by Crippen LogP contribution is 2.18. The predicted molar refractivity (Wildman–Crippen MR) is 64.1 cm³/mol. The first kappa shape index (κ1) is 12.2. The van der Waals surface area contributed by atoms with E-state index in [2.05, 4.69) is 15.1 Å². The molecule has 0 bridgehead atoms. The molecule has 0 amide bonds. The Balaban J connectivity index is 2.21. The van der Waals surface area contributed by atoms with Crippen molar-refractivity contribution in [1.82, 2.24) is 15.1 Å². The Morgan fingerprint density at radius 2 is 2.33 bits per heavy atom. The maximum Gasteiger partial charge on any atom is 0.276 e. The standard InChI is InChI=1S/C12H13N5O/c1-2-3-9(14)11-16-12(18-17-11)10-5-4-8(6-13)7-15-10/h4-5,7,9H,2-3,14H2,1H3. The number of rotatable bonds is 4. The van der Waals surface area contributed by atoms with Crippen LogP contribution in [0.2, 0.25) is 0 Å². The molecule has 6 nitrogen and oxygen atoms in total. The largest absolute Gasteiger partial charge is 0.332 e. The normalized spacial score (nSPS) is 12.1. The summed E-state index contributed by atoms with van der Waals surface area (Å²) in [6.07, 6.45) is 3.23. The van der Waals surface area contributed by atoms with Crippen molar-refractivity contribution >= 4 is 0 Å². The maximum absolute atomic E-state index is 8.68. The highest BCUT2D eigenvalue weighted by atomic mass is 16.5. The molecule has 0 aliphatic carbocycles. The molecule has 2 aromatic rings. The Hall–Kier alpha value is -2.26. The minimum atomic E-state index is -0.217. The van der Waals surface area contributed by atoms with Gasteiger partial charge >= 0.3 is 0 Å². The lowest BCUT2D eigenvalue weighted by atomic mass is 10.2. The van der Waals surface area contributed by atoms with E-state index in [1.807, 2.05) is 13.0 Å². The van der Waals surface area contributed by atoms with Gasteiger partial charge in [0.1, 0.15) is 11.8 Å². The number of nitriles is 1. The van der Waals surface area contributed by atoms with Gasteiger partial charge in [-0.25, -0.2) is 4.98 Å². The summed E-state index contributed by atoms with van der Waals surface area (Å²) in [5, 5.41) is 12.5. The maximum atomic E-state index is 8.68. The minimum Gasteiger partial charge on any atom is -0.332 e. The van der Waals surface area contributed by atoms with Crippen LogP contribution in [0.5, 0.6) is 0 Å². The molecule has 0 saturated carbocycles. The zero-order chi connectivity index (χ0) is 13.0. The Bertz CT molecular complexity index is 555. The lowest BCUT2D eigenvalue weighted by Crippen LogP contribution is -2.11. The first-order chi connectivity index (χ1) is 8.74. The van der Waals surface area contributed by atoms with E-state index in [1.165, 1.54) is 6.20 Å². The quantitative estimate of drug-likeness (QED) is 0.878. The fraction of sp³-hybridized carbons (Fsp3) is 0.333. The number of hydrogen-bond acceptors (Lipinski definition) is 6. The molecule has 1 unspecified atom stereocenters. The highest BCUT2D eigenvalue weighted by Gasteiger charge is 2.15. The second-order valence-corrected chi connectivity index (χ2v) is 3.90. The van der Waals surface area contributed by atoms with Gasteiger partial charge < -0.3 is 10.3 Å². The summed E-state index contributed by atoms with van der Waals surface area (Å²) >= 11 is 0. The molecule has 0 aliphatic rings. The van der Waals surface area contributed by atoms with Crippen LogP contribution >= 0.6 is 0 Å². The second-order valence-electron chi connectivity index (χ2n) is 3.90. The molecule has 6 heteroatoms. The molecule has 1 atom stereocenters. The summed E-state index contributed by atoms with van der Waals surface area (Å²) in [6.45, 7) is 2.04. The summed E-state index contributed by atoms with van der Waals surface area (Å²) in [4.78, 5) is 8.29. The smallest absolute Gasteiger partial charge is 0.276 e. The van der Waals surface area contributed by atoms with Gasteiger partial charge in [0.15, 0.2) is 5.82 Å². The zero-order valence-corrected chi connectivity index (χ0v) is 10.00. The van der Waals surface area contributed by atoms with Gasteiger partial charge in [0, 0.05) is 6.20 Å². The second kappa shape index (κ2) is 5.38. The van der Waals surface area contributed by atoms with Gasteiger partial charge in [-0.2, -0.15) is 10.2 Å². The topological polar surface area (TPSA) is 102 Å².